The van der Waals surface area contributed by atoms with E-state index in [1.54, 1.807) is 37.4 Å². The van der Waals surface area contributed by atoms with Gasteiger partial charge >= 0.3 is 35.5 Å². The number of benzene rings is 3. The average molecular weight is 575 g/mol. The van der Waals surface area contributed by atoms with Crippen molar-refractivity contribution in [1.29, 1.82) is 0 Å². The predicted octanol–water partition coefficient (Wildman–Crippen LogP) is 5.34. The molecule has 0 radical (unpaired) electrons. The summed E-state index contributed by atoms with van der Waals surface area (Å²) in [6.07, 6.45) is 5.75. The molecule has 1 spiro atoms. The third-order valence-corrected chi connectivity index (χ3v) is 8.70. The first-order valence-corrected chi connectivity index (χ1v) is 14.0. The molecular formula is C33H31N2NaO6. The second-order valence-corrected chi connectivity index (χ2v) is 11.3. The van der Waals surface area contributed by atoms with Gasteiger partial charge in [0.05, 0.1) is 30.2 Å². The van der Waals surface area contributed by atoms with Crippen LogP contribution < -0.4 is 9.47 Å². The van der Waals surface area contributed by atoms with Crippen LogP contribution in [0.3, 0.4) is 0 Å². The second kappa shape index (κ2) is 10.9. The van der Waals surface area contributed by atoms with E-state index in [4.69, 9.17) is 9.47 Å². The number of methoxy groups -OCH3 is 1. The zero-order valence-corrected chi connectivity index (χ0v) is 22.8. The van der Waals surface area contributed by atoms with Gasteiger partial charge in [-0.2, -0.15) is 0 Å². The number of fused-ring (bicyclic) bond motifs is 2. The molecule has 3 aliphatic rings. The number of piperidine rings is 1. The number of aromatic nitrogens is 1. The number of rotatable bonds is 5. The number of aromatic carboxylic acids is 1. The molecular weight excluding hydrogens is 543 g/mol. The van der Waals surface area contributed by atoms with Crippen LogP contribution in [0.5, 0.6) is 11.5 Å². The van der Waals surface area contributed by atoms with Crippen LogP contribution in [0.25, 0.3) is 22.0 Å². The molecule has 1 saturated heterocycles. The summed E-state index contributed by atoms with van der Waals surface area (Å²) in [4.78, 5) is 40.2. The molecule has 2 aliphatic heterocycles. The molecule has 3 aromatic carbocycles. The summed E-state index contributed by atoms with van der Waals surface area (Å²) in [5, 5.41) is 10.3. The number of hydrogen-bond acceptors (Lipinski definition) is 5. The monoisotopic (exact) mass is 574 g/mol. The fourth-order valence-electron chi connectivity index (χ4n) is 6.28. The van der Waals surface area contributed by atoms with Gasteiger partial charge in [-0.3, -0.25) is 9.59 Å². The van der Waals surface area contributed by atoms with Crippen molar-refractivity contribution in [1.82, 2.24) is 9.47 Å². The molecule has 4 aromatic rings. The Morgan fingerprint density at radius 2 is 1.74 bits per heavy atom. The normalized spacial score (nSPS) is 17.4. The molecule has 210 valence electrons. The number of carboxylic acids is 1. The summed E-state index contributed by atoms with van der Waals surface area (Å²) in [6.45, 7) is 0.983. The summed E-state index contributed by atoms with van der Waals surface area (Å²) in [6, 6.07) is 18.4. The van der Waals surface area contributed by atoms with Crippen LogP contribution in [-0.2, 0) is 0 Å². The molecule has 0 atom stereocenters. The number of hydrogen-bond donors (Lipinski definition) is 1. The van der Waals surface area contributed by atoms with E-state index in [1.165, 1.54) is 0 Å². The molecule has 0 bridgehead atoms. The number of carboxylic acid groups (broad SMARTS) is 1. The minimum atomic E-state index is -0.997. The van der Waals surface area contributed by atoms with Crippen LogP contribution in [0, 0.1) is 0 Å². The molecule has 1 N–H and O–H groups in total. The summed E-state index contributed by atoms with van der Waals surface area (Å²) >= 11 is 0. The molecule has 9 heteroatoms. The predicted molar refractivity (Wildman–Crippen MR) is 160 cm³/mol. The first-order valence-electron chi connectivity index (χ1n) is 14.0. The van der Waals surface area contributed by atoms with Crippen LogP contribution in [0.4, 0.5) is 0 Å². The number of carbonyl (C=O) groups is 3. The molecule has 2 fully saturated rings. The van der Waals surface area contributed by atoms with E-state index in [1.807, 2.05) is 29.2 Å². The van der Waals surface area contributed by atoms with Crippen molar-refractivity contribution >= 4 is 58.1 Å². The third-order valence-electron chi connectivity index (χ3n) is 8.70. The van der Waals surface area contributed by atoms with Crippen molar-refractivity contribution < 1.29 is 29.0 Å². The Bertz CT molecular complexity index is 1730. The van der Waals surface area contributed by atoms with Gasteiger partial charge in [0.15, 0.2) is 5.78 Å². The summed E-state index contributed by atoms with van der Waals surface area (Å²) in [7, 11) is 1.63. The number of nitrogens with zero attached hydrogens (tertiary/aromatic N) is 2. The second-order valence-electron chi connectivity index (χ2n) is 11.3. The Morgan fingerprint density at radius 3 is 2.45 bits per heavy atom. The Labute approximate surface area is 265 Å². The van der Waals surface area contributed by atoms with Crippen LogP contribution in [-0.4, -0.2) is 87.6 Å². The van der Waals surface area contributed by atoms with Crippen molar-refractivity contribution in [2.24, 2.45) is 0 Å². The van der Waals surface area contributed by atoms with Crippen LogP contribution >= 0.6 is 0 Å². The number of ether oxygens (including phenoxy) is 2. The van der Waals surface area contributed by atoms with Crippen LogP contribution in [0.2, 0.25) is 0 Å². The van der Waals surface area contributed by atoms with Crippen molar-refractivity contribution in [3.63, 3.8) is 0 Å². The van der Waals surface area contributed by atoms with E-state index in [2.05, 4.69) is 16.8 Å². The van der Waals surface area contributed by atoms with E-state index in [9.17, 15) is 19.5 Å². The van der Waals surface area contributed by atoms with Gasteiger partial charge in [0.2, 0.25) is 0 Å². The molecule has 1 aromatic heterocycles. The quantitative estimate of drug-likeness (QED) is 0.323. The Kier molecular flexibility index (Phi) is 7.41. The summed E-state index contributed by atoms with van der Waals surface area (Å²) in [5.41, 5.74) is 3.18. The van der Waals surface area contributed by atoms with Gasteiger partial charge in [0.1, 0.15) is 17.1 Å². The van der Waals surface area contributed by atoms with Gasteiger partial charge in [0, 0.05) is 49.1 Å². The van der Waals surface area contributed by atoms with Crippen molar-refractivity contribution in [2.45, 2.75) is 43.7 Å². The van der Waals surface area contributed by atoms with E-state index in [0.717, 1.165) is 34.9 Å². The maximum atomic E-state index is 13.6. The molecule has 1 saturated carbocycles. The first-order chi connectivity index (χ1) is 19.8. The van der Waals surface area contributed by atoms with Gasteiger partial charge in [-0.1, -0.05) is 18.2 Å². The first kappa shape index (κ1) is 28.5. The maximum absolute atomic E-state index is 13.6. The van der Waals surface area contributed by atoms with E-state index in [0.29, 0.717) is 54.6 Å². The van der Waals surface area contributed by atoms with Gasteiger partial charge in [-0.15, -0.1) is 0 Å². The van der Waals surface area contributed by atoms with Gasteiger partial charge in [-0.25, -0.2) is 4.79 Å². The molecule has 0 unspecified atom stereocenters. The van der Waals surface area contributed by atoms with Crippen LogP contribution in [0.15, 0.2) is 66.9 Å². The Hall–Kier alpha value is -3.59. The van der Waals surface area contributed by atoms with Crippen molar-refractivity contribution in [3.8, 4) is 22.6 Å². The fraction of sp³-hybridized carbons (Fsp3) is 0.303. The minimum absolute atomic E-state index is 0. The zero-order chi connectivity index (χ0) is 28.3. The number of amides is 1. The van der Waals surface area contributed by atoms with E-state index in [-0.39, 0.29) is 53.2 Å². The zero-order valence-electron chi connectivity index (χ0n) is 22.8. The fourth-order valence-corrected chi connectivity index (χ4v) is 6.28. The average Bonchev–Trinajstić information content (AvgIpc) is 3.74. The summed E-state index contributed by atoms with van der Waals surface area (Å²) < 4.78 is 14.4. The van der Waals surface area contributed by atoms with E-state index >= 15 is 0 Å². The molecule has 8 nitrogen and oxygen atoms in total. The Balaban J connectivity index is 0.00000316. The topological polar surface area (TPSA) is 98.1 Å². The SMILES string of the molecule is COc1cc(C(=O)N2CCC3(CC2)CC(=O)c2cc(-c4cccc(C(=O)O)c4)ccc2O3)cc2c1ccn2C1CC1.[NaH]. The van der Waals surface area contributed by atoms with Crippen molar-refractivity contribution in [3.05, 3.63) is 83.6 Å². The van der Waals surface area contributed by atoms with Gasteiger partial charge < -0.3 is 24.0 Å². The Morgan fingerprint density at radius 1 is 0.976 bits per heavy atom. The van der Waals surface area contributed by atoms with Gasteiger partial charge in [0.25, 0.3) is 5.91 Å². The molecule has 7 rings (SSSR count). The molecule has 3 heterocycles. The standard InChI is InChI=1S/C33H30N2O6.Na.H/c1-40-30-18-23(17-27-25(30)9-12-35(27)24-6-7-24)31(37)34-13-10-33(11-14-34)19-28(36)26-16-21(5-8-29(26)41-33)20-3-2-4-22(15-20)32(38)39;;/h2-5,8-9,12,15-18,24H,6-7,10-11,13-14,19H2,1H3,(H,38,39);;. The number of carbonyl (C=O) groups excluding carboxylic acids is 2. The molecule has 1 amide bonds. The third kappa shape index (κ3) is 5.02. The van der Waals surface area contributed by atoms with Crippen molar-refractivity contribution in [2.75, 3.05) is 20.2 Å². The van der Waals surface area contributed by atoms with E-state index < -0.39 is 11.6 Å². The number of ketones is 1. The summed E-state index contributed by atoms with van der Waals surface area (Å²) in [5.74, 6) is 0.196. The van der Waals surface area contributed by atoms with Gasteiger partial charge in [-0.05, 0) is 66.4 Å². The molecule has 1 aliphatic carbocycles. The molecule has 42 heavy (non-hydrogen) atoms. The number of likely N-dealkylation sites (tertiary alicyclic amines) is 1. The van der Waals surface area contributed by atoms with Crippen LogP contribution in [0.1, 0.15) is 69.2 Å². The number of Topliss-reactive ketones (excluding diaryl/α,β-unsaturated/α-hetero) is 1.